The standard InChI is InChI=1S/C14H20N2O.ClH/c1-2-13(12-6-4-3-5-7-12)14(17)16-10-11-8-15-9-11;/h3-7,11,13,15H,2,8-10H2,1H3,(H,16,17);1H. The van der Waals surface area contributed by atoms with Crippen LogP contribution in [0.2, 0.25) is 0 Å². The van der Waals surface area contributed by atoms with E-state index in [9.17, 15) is 4.79 Å². The summed E-state index contributed by atoms with van der Waals surface area (Å²) in [7, 11) is 0. The molecule has 0 saturated carbocycles. The Hall–Kier alpha value is -1.06. The quantitative estimate of drug-likeness (QED) is 0.857. The van der Waals surface area contributed by atoms with Crippen molar-refractivity contribution in [2.45, 2.75) is 19.3 Å². The van der Waals surface area contributed by atoms with Gasteiger partial charge < -0.3 is 10.6 Å². The Bertz CT molecular complexity index is 365. The fourth-order valence-corrected chi connectivity index (χ4v) is 2.12. The van der Waals surface area contributed by atoms with Gasteiger partial charge in [0, 0.05) is 25.6 Å². The molecule has 3 nitrogen and oxygen atoms in total. The molecule has 1 amide bonds. The lowest BCUT2D eigenvalue weighted by Gasteiger charge is -2.28. The lowest BCUT2D eigenvalue weighted by molar-refractivity contribution is -0.122. The molecule has 100 valence electrons. The van der Waals surface area contributed by atoms with Crippen molar-refractivity contribution in [1.29, 1.82) is 0 Å². The van der Waals surface area contributed by atoms with Crippen molar-refractivity contribution in [1.82, 2.24) is 10.6 Å². The first kappa shape index (κ1) is 15.0. The molecule has 1 aromatic rings. The van der Waals surface area contributed by atoms with E-state index in [1.165, 1.54) is 0 Å². The molecule has 1 unspecified atom stereocenters. The fraction of sp³-hybridized carbons (Fsp3) is 0.500. The lowest BCUT2D eigenvalue weighted by Crippen LogP contribution is -2.48. The molecule has 0 aromatic heterocycles. The second-order valence-electron chi connectivity index (χ2n) is 4.64. The van der Waals surface area contributed by atoms with Crippen molar-refractivity contribution in [3.63, 3.8) is 0 Å². The van der Waals surface area contributed by atoms with Gasteiger partial charge in [0.25, 0.3) is 0 Å². The van der Waals surface area contributed by atoms with Gasteiger partial charge in [-0.1, -0.05) is 37.3 Å². The van der Waals surface area contributed by atoms with Crippen LogP contribution in [0.25, 0.3) is 0 Å². The van der Waals surface area contributed by atoms with Gasteiger partial charge >= 0.3 is 0 Å². The molecule has 1 heterocycles. The van der Waals surface area contributed by atoms with Gasteiger partial charge in [0.15, 0.2) is 0 Å². The van der Waals surface area contributed by atoms with Crippen molar-refractivity contribution < 1.29 is 4.79 Å². The average molecular weight is 269 g/mol. The van der Waals surface area contributed by atoms with Crippen LogP contribution >= 0.6 is 12.4 Å². The topological polar surface area (TPSA) is 41.1 Å². The molecule has 0 radical (unpaired) electrons. The highest BCUT2D eigenvalue weighted by molar-refractivity contribution is 5.85. The number of carbonyl (C=O) groups is 1. The van der Waals surface area contributed by atoms with Crippen LogP contribution in [-0.4, -0.2) is 25.5 Å². The van der Waals surface area contributed by atoms with E-state index >= 15 is 0 Å². The first-order valence-electron chi connectivity index (χ1n) is 6.34. The summed E-state index contributed by atoms with van der Waals surface area (Å²) < 4.78 is 0. The molecule has 1 aliphatic heterocycles. The predicted octanol–water partition coefficient (Wildman–Crippen LogP) is 1.94. The van der Waals surface area contributed by atoms with E-state index in [1.54, 1.807) is 0 Å². The van der Waals surface area contributed by atoms with Gasteiger partial charge in [-0.2, -0.15) is 0 Å². The van der Waals surface area contributed by atoms with Crippen molar-refractivity contribution in [3.8, 4) is 0 Å². The average Bonchev–Trinajstić information content (AvgIpc) is 2.29. The van der Waals surface area contributed by atoms with E-state index in [-0.39, 0.29) is 24.2 Å². The Morgan fingerprint density at radius 2 is 2.06 bits per heavy atom. The molecule has 4 heteroatoms. The maximum Gasteiger partial charge on any atom is 0.227 e. The second kappa shape index (κ2) is 7.39. The van der Waals surface area contributed by atoms with Crippen molar-refractivity contribution >= 4 is 18.3 Å². The summed E-state index contributed by atoms with van der Waals surface area (Å²) in [5, 5.41) is 6.26. The molecule has 1 saturated heterocycles. The number of hydrogen-bond acceptors (Lipinski definition) is 2. The Labute approximate surface area is 115 Å². The Balaban J connectivity index is 0.00000162. The fourth-order valence-electron chi connectivity index (χ4n) is 2.12. The Kier molecular flexibility index (Phi) is 6.16. The summed E-state index contributed by atoms with van der Waals surface area (Å²) in [6, 6.07) is 10.0. The first-order valence-corrected chi connectivity index (χ1v) is 6.34. The molecule has 1 fully saturated rings. The number of nitrogens with one attached hydrogen (secondary N) is 2. The molecular weight excluding hydrogens is 248 g/mol. The minimum absolute atomic E-state index is 0. The van der Waals surface area contributed by atoms with E-state index in [4.69, 9.17) is 0 Å². The van der Waals surface area contributed by atoms with Crippen LogP contribution in [0.4, 0.5) is 0 Å². The van der Waals surface area contributed by atoms with Gasteiger partial charge in [0.2, 0.25) is 5.91 Å². The van der Waals surface area contributed by atoms with Crippen LogP contribution in [0.15, 0.2) is 30.3 Å². The van der Waals surface area contributed by atoms with Gasteiger partial charge in [-0.15, -0.1) is 12.4 Å². The predicted molar refractivity (Wildman–Crippen MR) is 76.1 cm³/mol. The third kappa shape index (κ3) is 3.72. The van der Waals surface area contributed by atoms with Crippen molar-refractivity contribution in [3.05, 3.63) is 35.9 Å². The summed E-state index contributed by atoms with van der Waals surface area (Å²) in [6.45, 7) is 4.92. The maximum atomic E-state index is 12.1. The van der Waals surface area contributed by atoms with Crippen LogP contribution in [0.3, 0.4) is 0 Å². The highest BCUT2D eigenvalue weighted by Gasteiger charge is 2.21. The summed E-state index contributed by atoms with van der Waals surface area (Å²) in [5.41, 5.74) is 1.11. The SMILES string of the molecule is CCC(C(=O)NCC1CNC1)c1ccccc1.Cl. The highest BCUT2D eigenvalue weighted by atomic mass is 35.5. The summed E-state index contributed by atoms with van der Waals surface area (Å²) in [4.78, 5) is 12.1. The molecule has 1 aromatic carbocycles. The molecule has 1 atom stereocenters. The zero-order valence-corrected chi connectivity index (χ0v) is 11.5. The van der Waals surface area contributed by atoms with Crippen LogP contribution < -0.4 is 10.6 Å². The normalized spacial score (nSPS) is 16.3. The van der Waals surface area contributed by atoms with Gasteiger partial charge in [0.05, 0.1) is 5.92 Å². The van der Waals surface area contributed by atoms with Crippen LogP contribution in [0.1, 0.15) is 24.8 Å². The Morgan fingerprint density at radius 3 is 2.56 bits per heavy atom. The smallest absolute Gasteiger partial charge is 0.227 e. The summed E-state index contributed by atoms with van der Waals surface area (Å²) >= 11 is 0. The van der Waals surface area contributed by atoms with E-state index in [1.807, 2.05) is 30.3 Å². The monoisotopic (exact) mass is 268 g/mol. The summed E-state index contributed by atoms with van der Waals surface area (Å²) in [6.07, 6.45) is 0.846. The molecule has 2 N–H and O–H groups in total. The minimum Gasteiger partial charge on any atom is -0.355 e. The maximum absolute atomic E-state index is 12.1. The Morgan fingerprint density at radius 1 is 1.39 bits per heavy atom. The molecule has 0 bridgehead atoms. The van der Waals surface area contributed by atoms with Gasteiger partial charge in [-0.25, -0.2) is 0 Å². The van der Waals surface area contributed by atoms with Gasteiger partial charge in [-0.05, 0) is 12.0 Å². The number of rotatable bonds is 5. The van der Waals surface area contributed by atoms with E-state index in [0.29, 0.717) is 5.92 Å². The van der Waals surface area contributed by atoms with Crippen molar-refractivity contribution in [2.24, 2.45) is 5.92 Å². The van der Waals surface area contributed by atoms with E-state index < -0.39 is 0 Å². The van der Waals surface area contributed by atoms with Crippen LogP contribution in [-0.2, 0) is 4.79 Å². The second-order valence-corrected chi connectivity index (χ2v) is 4.64. The number of carbonyl (C=O) groups excluding carboxylic acids is 1. The van der Waals surface area contributed by atoms with Crippen molar-refractivity contribution in [2.75, 3.05) is 19.6 Å². The number of halogens is 1. The summed E-state index contributed by atoms with van der Waals surface area (Å²) in [5.74, 6) is 0.766. The van der Waals surface area contributed by atoms with E-state index in [2.05, 4.69) is 17.6 Å². The zero-order valence-electron chi connectivity index (χ0n) is 10.7. The molecule has 0 spiro atoms. The zero-order chi connectivity index (χ0) is 12.1. The third-order valence-corrected chi connectivity index (χ3v) is 3.36. The lowest BCUT2D eigenvalue weighted by atomic mass is 9.95. The minimum atomic E-state index is -0.00997. The largest absolute Gasteiger partial charge is 0.355 e. The highest BCUT2D eigenvalue weighted by Crippen LogP contribution is 2.19. The molecular formula is C14H21ClN2O. The first-order chi connectivity index (χ1) is 8.31. The number of amides is 1. The van der Waals surface area contributed by atoms with Crippen LogP contribution in [0, 0.1) is 5.92 Å². The molecule has 2 rings (SSSR count). The number of benzene rings is 1. The van der Waals surface area contributed by atoms with Gasteiger partial charge in [-0.3, -0.25) is 4.79 Å². The molecule has 0 aliphatic carbocycles. The third-order valence-electron chi connectivity index (χ3n) is 3.36. The van der Waals surface area contributed by atoms with Crippen LogP contribution in [0.5, 0.6) is 0 Å². The molecule has 1 aliphatic rings. The number of hydrogen-bond donors (Lipinski definition) is 2. The van der Waals surface area contributed by atoms with E-state index in [0.717, 1.165) is 31.6 Å². The molecule has 18 heavy (non-hydrogen) atoms. The van der Waals surface area contributed by atoms with Gasteiger partial charge in [0.1, 0.15) is 0 Å².